The van der Waals surface area contributed by atoms with E-state index in [1.54, 1.807) is 0 Å². The predicted molar refractivity (Wildman–Crippen MR) is 57.1 cm³/mol. The lowest BCUT2D eigenvalue weighted by atomic mass is 9.75. The van der Waals surface area contributed by atoms with Crippen LogP contribution >= 0.6 is 0 Å². The minimum atomic E-state index is -0.816. The molecule has 0 aromatic carbocycles. The molecular weight excluding hydrogens is 224 g/mol. The maximum Gasteiger partial charge on any atom is 0.168 e. The summed E-state index contributed by atoms with van der Waals surface area (Å²) < 4.78 is 10.5. The fourth-order valence-corrected chi connectivity index (χ4v) is 2.36. The Morgan fingerprint density at radius 1 is 1.35 bits per heavy atom. The van der Waals surface area contributed by atoms with E-state index < -0.39 is 24.2 Å². The lowest BCUT2D eigenvalue weighted by molar-refractivity contribution is -0.218. The highest BCUT2D eigenvalue weighted by molar-refractivity contribution is 6.07. The average Bonchev–Trinajstić information content (AvgIpc) is 2.32. The van der Waals surface area contributed by atoms with Gasteiger partial charge >= 0.3 is 0 Å². The van der Waals surface area contributed by atoms with Crippen molar-refractivity contribution < 1.29 is 23.9 Å². The maximum atomic E-state index is 11.7. The first-order valence-corrected chi connectivity index (χ1v) is 5.49. The molecule has 1 aliphatic carbocycles. The molecule has 92 valence electrons. The standard InChI is InChI=1S/C12H14O5/c1-6(13)10-5-7-8(14)3-4-9(15)11(7)12(16-2)17-10/h3-4,7,10-12H,5H2,1-2H3. The second-order valence-corrected chi connectivity index (χ2v) is 4.35. The molecule has 5 heteroatoms. The Labute approximate surface area is 98.8 Å². The number of ketones is 3. The van der Waals surface area contributed by atoms with Crippen LogP contribution in [0.5, 0.6) is 0 Å². The van der Waals surface area contributed by atoms with Gasteiger partial charge in [-0.05, 0) is 25.5 Å². The molecule has 5 nitrogen and oxygen atoms in total. The third-order valence-corrected chi connectivity index (χ3v) is 3.28. The summed E-state index contributed by atoms with van der Waals surface area (Å²) in [6.07, 6.45) is 1.31. The molecule has 4 unspecified atom stereocenters. The summed E-state index contributed by atoms with van der Waals surface area (Å²) in [5.74, 6) is -1.58. The first-order valence-electron chi connectivity index (χ1n) is 5.49. The molecule has 17 heavy (non-hydrogen) atoms. The van der Waals surface area contributed by atoms with E-state index in [1.165, 1.54) is 26.2 Å². The number of Topliss-reactive ketones (excluding diaryl/α,β-unsaturated/α-hetero) is 1. The molecule has 0 bridgehead atoms. The zero-order chi connectivity index (χ0) is 12.6. The van der Waals surface area contributed by atoms with Gasteiger partial charge in [0.1, 0.15) is 6.10 Å². The second kappa shape index (κ2) is 4.50. The van der Waals surface area contributed by atoms with Crippen LogP contribution in [0.1, 0.15) is 13.3 Å². The molecular formula is C12H14O5. The van der Waals surface area contributed by atoms with Gasteiger partial charge in [-0.1, -0.05) is 0 Å². The molecule has 0 N–H and O–H groups in total. The minimum Gasteiger partial charge on any atom is -0.355 e. The van der Waals surface area contributed by atoms with E-state index in [-0.39, 0.29) is 23.8 Å². The fourth-order valence-electron chi connectivity index (χ4n) is 2.36. The fraction of sp³-hybridized carbons (Fsp3) is 0.583. The molecule has 1 heterocycles. The molecule has 1 fully saturated rings. The van der Waals surface area contributed by atoms with Gasteiger partial charge in [-0.2, -0.15) is 0 Å². The van der Waals surface area contributed by atoms with Crippen LogP contribution in [0.3, 0.4) is 0 Å². The van der Waals surface area contributed by atoms with E-state index in [9.17, 15) is 14.4 Å². The molecule has 2 aliphatic rings. The zero-order valence-electron chi connectivity index (χ0n) is 9.71. The number of carbonyl (C=O) groups is 3. The molecule has 0 spiro atoms. The Bertz CT molecular complexity index is 398. The first-order chi connectivity index (χ1) is 8.04. The van der Waals surface area contributed by atoms with Gasteiger partial charge in [-0.3, -0.25) is 14.4 Å². The van der Waals surface area contributed by atoms with Crippen LogP contribution < -0.4 is 0 Å². The van der Waals surface area contributed by atoms with Crippen LogP contribution in [0.15, 0.2) is 12.2 Å². The number of carbonyl (C=O) groups excluding carboxylic acids is 3. The van der Waals surface area contributed by atoms with Gasteiger partial charge in [0.2, 0.25) is 0 Å². The Morgan fingerprint density at radius 2 is 2.00 bits per heavy atom. The maximum absolute atomic E-state index is 11.7. The van der Waals surface area contributed by atoms with Crippen molar-refractivity contribution >= 4 is 17.3 Å². The number of methoxy groups -OCH3 is 1. The van der Waals surface area contributed by atoms with Crippen molar-refractivity contribution in [2.24, 2.45) is 11.8 Å². The van der Waals surface area contributed by atoms with Crippen molar-refractivity contribution in [2.45, 2.75) is 25.7 Å². The molecule has 2 rings (SSSR count). The van der Waals surface area contributed by atoms with E-state index in [0.717, 1.165) is 0 Å². The number of hydrogen-bond donors (Lipinski definition) is 0. The summed E-state index contributed by atoms with van der Waals surface area (Å²) >= 11 is 0. The quantitative estimate of drug-likeness (QED) is 0.691. The Morgan fingerprint density at radius 3 is 2.59 bits per heavy atom. The van der Waals surface area contributed by atoms with Crippen molar-refractivity contribution in [3.8, 4) is 0 Å². The van der Waals surface area contributed by atoms with Crippen LogP contribution in [-0.2, 0) is 23.9 Å². The van der Waals surface area contributed by atoms with Gasteiger partial charge in [-0.15, -0.1) is 0 Å². The van der Waals surface area contributed by atoms with Crippen LogP contribution in [0.4, 0.5) is 0 Å². The smallest absolute Gasteiger partial charge is 0.168 e. The third kappa shape index (κ3) is 2.08. The van der Waals surface area contributed by atoms with E-state index >= 15 is 0 Å². The van der Waals surface area contributed by atoms with Gasteiger partial charge in [0, 0.05) is 13.0 Å². The summed E-state index contributed by atoms with van der Waals surface area (Å²) in [5, 5.41) is 0. The molecule has 1 aliphatic heterocycles. The summed E-state index contributed by atoms with van der Waals surface area (Å²) in [4.78, 5) is 34.8. The summed E-state index contributed by atoms with van der Waals surface area (Å²) in [6, 6.07) is 0. The van der Waals surface area contributed by atoms with Gasteiger partial charge < -0.3 is 9.47 Å². The van der Waals surface area contributed by atoms with Crippen molar-refractivity contribution in [2.75, 3.05) is 7.11 Å². The van der Waals surface area contributed by atoms with Crippen LogP contribution in [0, 0.1) is 11.8 Å². The first kappa shape index (κ1) is 12.1. The monoisotopic (exact) mass is 238 g/mol. The van der Waals surface area contributed by atoms with Crippen molar-refractivity contribution in [3.05, 3.63) is 12.2 Å². The second-order valence-electron chi connectivity index (χ2n) is 4.35. The number of hydrogen-bond acceptors (Lipinski definition) is 5. The van der Waals surface area contributed by atoms with Gasteiger partial charge in [0.15, 0.2) is 23.6 Å². The molecule has 1 saturated heterocycles. The van der Waals surface area contributed by atoms with Crippen LogP contribution in [0.25, 0.3) is 0 Å². The molecule has 4 atom stereocenters. The van der Waals surface area contributed by atoms with Crippen LogP contribution in [-0.4, -0.2) is 36.9 Å². The largest absolute Gasteiger partial charge is 0.355 e. The predicted octanol–water partition coefficient (Wildman–Crippen LogP) is 0.277. The summed E-state index contributed by atoms with van der Waals surface area (Å²) in [5.41, 5.74) is 0. The molecule has 0 aromatic heterocycles. The van der Waals surface area contributed by atoms with Crippen molar-refractivity contribution in [3.63, 3.8) is 0 Å². The van der Waals surface area contributed by atoms with Crippen molar-refractivity contribution in [1.29, 1.82) is 0 Å². The van der Waals surface area contributed by atoms with Gasteiger partial charge in [-0.25, -0.2) is 0 Å². The number of ether oxygens (including phenoxy) is 2. The summed E-state index contributed by atoms with van der Waals surface area (Å²) in [7, 11) is 1.40. The van der Waals surface area contributed by atoms with E-state index in [1.807, 2.05) is 0 Å². The normalized spacial score (nSPS) is 36.8. The van der Waals surface area contributed by atoms with Crippen molar-refractivity contribution in [1.82, 2.24) is 0 Å². The molecule has 0 aromatic rings. The Hall–Kier alpha value is -1.33. The molecule has 0 amide bonds. The summed E-state index contributed by atoms with van der Waals surface area (Å²) in [6.45, 7) is 1.41. The molecule has 0 radical (unpaired) electrons. The van der Waals surface area contributed by atoms with Gasteiger partial charge in [0.05, 0.1) is 5.92 Å². The highest BCUT2D eigenvalue weighted by Gasteiger charge is 2.47. The lowest BCUT2D eigenvalue weighted by Gasteiger charge is -2.39. The Balaban J connectivity index is 2.30. The lowest BCUT2D eigenvalue weighted by Crippen LogP contribution is -2.51. The topological polar surface area (TPSA) is 69.7 Å². The Kier molecular flexibility index (Phi) is 3.22. The van der Waals surface area contributed by atoms with E-state index in [0.29, 0.717) is 0 Å². The minimum absolute atomic E-state index is 0.133. The zero-order valence-corrected chi connectivity index (χ0v) is 9.71. The SMILES string of the molecule is COC1OC(C(C)=O)CC2C(=O)C=CC(=O)C12. The average molecular weight is 238 g/mol. The van der Waals surface area contributed by atoms with E-state index in [2.05, 4.69) is 0 Å². The number of fused-ring (bicyclic) bond motifs is 1. The third-order valence-electron chi connectivity index (χ3n) is 3.28. The van der Waals surface area contributed by atoms with E-state index in [4.69, 9.17) is 9.47 Å². The number of rotatable bonds is 2. The highest BCUT2D eigenvalue weighted by Crippen LogP contribution is 2.35. The van der Waals surface area contributed by atoms with Gasteiger partial charge in [0.25, 0.3) is 0 Å². The molecule has 0 saturated carbocycles. The van der Waals surface area contributed by atoms with Crippen LogP contribution in [0.2, 0.25) is 0 Å². The highest BCUT2D eigenvalue weighted by atomic mass is 16.7. The number of allylic oxidation sites excluding steroid dienone is 2.